The van der Waals surface area contributed by atoms with E-state index < -0.39 is 0 Å². The molecule has 4 heteroatoms. The van der Waals surface area contributed by atoms with Crippen molar-refractivity contribution in [3.05, 3.63) is 28.8 Å². The molecule has 17 heavy (non-hydrogen) atoms. The number of carbonyl (C=O) groups is 1. The zero-order valence-corrected chi connectivity index (χ0v) is 10.5. The van der Waals surface area contributed by atoms with E-state index in [1.54, 1.807) is 23.1 Å². The lowest BCUT2D eigenvalue weighted by atomic mass is 10.1. The van der Waals surface area contributed by atoms with Crippen molar-refractivity contribution in [2.24, 2.45) is 0 Å². The molecule has 0 bridgehead atoms. The van der Waals surface area contributed by atoms with Gasteiger partial charge in [0.1, 0.15) is 0 Å². The van der Waals surface area contributed by atoms with Gasteiger partial charge in [-0.05, 0) is 24.6 Å². The quantitative estimate of drug-likeness (QED) is 0.659. The van der Waals surface area contributed by atoms with Gasteiger partial charge in [-0.1, -0.05) is 24.4 Å². The van der Waals surface area contributed by atoms with Gasteiger partial charge in [0.25, 0.3) is 5.91 Å². The van der Waals surface area contributed by atoms with Crippen LogP contribution < -0.4 is 5.73 Å². The Morgan fingerprint density at radius 2 is 2.29 bits per heavy atom. The molecule has 0 saturated heterocycles. The molecule has 1 rings (SSSR count). The molecule has 1 aromatic carbocycles. The normalized spacial score (nSPS) is 9.71. The smallest absolute Gasteiger partial charge is 0.256 e. The summed E-state index contributed by atoms with van der Waals surface area (Å²) in [6.07, 6.45) is 6.09. The second-order valence-corrected chi connectivity index (χ2v) is 4.10. The van der Waals surface area contributed by atoms with Gasteiger partial charge < -0.3 is 10.6 Å². The summed E-state index contributed by atoms with van der Waals surface area (Å²) in [6.45, 7) is 2.89. The minimum Gasteiger partial charge on any atom is -0.398 e. The highest BCUT2D eigenvalue weighted by atomic mass is 35.5. The molecule has 0 heterocycles. The molecule has 0 spiro atoms. The minimum atomic E-state index is -0.154. The van der Waals surface area contributed by atoms with Gasteiger partial charge in [-0.3, -0.25) is 4.79 Å². The van der Waals surface area contributed by atoms with Crippen LogP contribution in [0, 0.1) is 12.3 Å². The number of hydrogen-bond donors (Lipinski definition) is 1. The van der Waals surface area contributed by atoms with Crippen molar-refractivity contribution in [2.75, 3.05) is 18.8 Å². The lowest BCUT2D eigenvalue weighted by Gasteiger charge is -2.20. The van der Waals surface area contributed by atoms with Gasteiger partial charge in [0, 0.05) is 17.3 Å². The molecule has 1 amide bonds. The van der Waals surface area contributed by atoms with Gasteiger partial charge >= 0.3 is 0 Å². The van der Waals surface area contributed by atoms with Gasteiger partial charge in [0.05, 0.1) is 12.1 Å². The molecule has 3 nitrogen and oxygen atoms in total. The molecule has 0 atom stereocenters. The first-order valence-electron chi connectivity index (χ1n) is 5.38. The van der Waals surface area contributed by atoms with E-state index in [2.05, 4.69) is 5.92 Å². The number of amides is 1. The van der Waals surface area contributed by atoms with Crippen LogP contribution in [0.3, 0.4) is 0 Å². The second-order valence-electron chi connectivity index (χ2n) is 3.66. The van der Waals surface area contributed by atoms with E-state index in [-0.39, 0.29) is 12.5 Å². The summed E-state index contributed by atoms with van der Waals surface area (Å²) in [5.74, 6) is 2.32. The van der Waals surface area contributed by atoms with Crippen molar-refractivity contribution in [3.8, 4) is 12.3 Å². The lowest BCUT2D eigenvalue weighted by Crippen LogP contribution is -2.32. The van der Waals surface area contributed by atoms with Crippen LogP contribution in [0.2, 0.25) is 5.02 Å². The number of terminal acetylenes is 1. The van der Waals surface area contributed by atoms with Crippen LogP contribution >= 0.6 is 11.6 Å². The Labute approximate surface area is 107 Å². The molecule has 0 saturated carbocycles. The van der Waals surface area contributed by atoms with E-state index in [4.69, 9.17) is 23.8 Å². The maximum atomic E-state index is 12.2. The summed E-state index contributed by atoms with van der Waals surface area (Å²) in [7, 11) is 0. The summed E-state index contributed by atoms with van der Waals surface area (Å²) in [6, 6.07) is 4.83. The zero-order chi connectivity index (χ0) is 12.8. The van der Waals surface area contributed by atoms with Gasteiger partial charge in [0.2, 0.25) is 0 Å². The number of carbonyl (C=O) groups excluding carboxylic acids is 1. The number of benzene rings is 1. The van der Waals surface area contributed by atoms with Crippen molar-refractivity contribution in [1.82, 2.24) is 4.90 Å². The van der Waals surface area contributed by atoms with Gasteiger partial charge in [-0.25, -0.2) is 0 Å². The highest BCUT2D eigenvalue weighted by Gasteiger charge is 2.16. The lowest BCUT2D eigenvalue weighted by molar-refractivity contribution is 0.0778. The largest absolute Gasteiger partial charge is 0.398 e. The molecular formula is C13H15ClN2O. The van der Waals surface area contributed by atoms with Crippen LogP contribution in [0.1, 0.15) is 23.7 Å². The Bertz CT molecular complexity index is 451. The molecule has 0 aromatic heterocycles. The Balaban J connectivity index is 2.97. The van der Waals surface area contributed by atoms with E-state index in [0.717, 1.165) is 6.42 Å². The Morgan fingerprint density at radius 3 is 2.82 bits per heavy atom. The zero-order valence-electron chi connectivity index (χ0n) is 9.74. The molecule has 0 fully saturated rings. The first-order chi connectivity index (χ1) is 8.10. The average Bonchev–Trinajstić information content (AvgIpc) is 2.28. The maximum Gasteiger partial charge on any atom is 0.256 e. The van der Waals surface area contributed by atoms with Crippen molar-refractivity contribution < 1.29 is 4.79 Å². The SMILES string of the molecule is C#CCN(CCC)C(=O)c1ccc(Cl)cc1N. The number of anilines is 1. The number of nitrogen functional groups attached to an aromatic ring is 1. The summed E-state index contributed by atoms with van der Waals surface area (Å²) >= 11 is 5.79. The third kappa shape index (κ3) is 3.40. The standard InChI is InChI=1S/C13H15ClN2O/c1-3-7-16(8-4-2)13(17)11-6-5-10(14)9-12(11)15/h1,5-6,9H,4,7-8,15H2,2H3. The van der Waals surface area contributed by atoms with E-state index in [1.165, 1.54) is 0 Å². The summed E-state index contributed by atoms with van der Waals surface area (Å²) in [5.41, 5.74) is 6.59. The number of rotatable bonds is 4. The number of halogens is 1. The fourth-order valence-corrected chi connectivity index (χ4v) is 1.71. The summed E-state index contributed by atoms with van der Waals surface area (Å²) in [5, 5.41) is 0.512. The van der Waals surface area contributed by atoms with E-state index in [1.807, 2.05) is 6.92 Å². The van der Waals surface area contributed by atoms with E-state index in [0.29, 0.717) is 22.8 Å². The second kappa shape index (κ2) is 6.17. The molecule has 0 aliphatic heterocycles. The van der Waals surface area contributed by atoms with Crippen LogP contribution in [-0.4, -0.2) is 23.9 Å². The van der Waals surface area contributed by atoms with Crippen LogP contribution in [0.5, 0.6) is 0 Å². The van der Waals surface area contributed by atoms with Crippen molar-refractivity contribution >= 4 is 23.2 Å². The fourth-order valence-electron chi connectivity index (χ4n) is 1.53. The molecule has 1 aromatic rings. The molecule has 90 valence electrons. The van der Waals surface area contributed by atoms with Gasteiger partial charge in [-0.15, -0.1) is 6.42 Å². The Morgan fingerprint density at radius 1 is 1.59 bits per heavy atom. The number of hydrogen-bond acceptors (Lipinski definition) is 2. The maximum absolute atomic E-state index is 12.2. The first-order valence-corrected chi connectivity index (χ1v) is 5.75. The third-order valence-electron chi connectivity index (χ3n) is 2.31. The Kier molecular flexibility index (Phi) is 4.86. The molecule has 0 aliphatic rings. The summed E-state index contributed by atoms with van der Waals surface area (Å²) < 4.78 is 0. The van der Waals surface area contributed by atoms with Crippen LogP contribution in [0.25, 0.3) is 0 Å². The predicted molar refractivity (Wildman–Crippen MR) is 70.9 cm³/mol. The van der Waals surface area contributed by atoms with Crippen molar-refractivity contribution in [1.29, 1.82) is 0 Å². The number of nitrogens with zero attached hydrogens (tertiary/aromatic N) is 1. The van der Waals surface area contributed by atoms with Crippen LogP contribution in [-0.2, 0) is 0 Å². The molecule has 2 N–H and O–H groups in total. The molecule has 0 radical (unpaired) electrons. The predicted octanol–water partition coefficient (Wildman–Crippen LogP) is 2.41. The summed E-state index contributed by atoms with van der Waals surface area (Å²) in [4.78, 5) is 13.8. The van der Waals surface area contributed by atoms with E-state index >= 15 is 0 Å². The minimum absolute atomic E-state index is 0.154. The van der Waals surface area contributed by atoms with Crippen molar-refractivity contribution in [3.63, 3.8) is 0 Å². The first kappa shape index (κ1) is 13.4. The Hall–Kier alpha value is -1.66. The monoisotopic (exact) mass is 250 g/mol. The van der Waals surface area contributed by atoms with Gasteiger partial charge in [-0.2, -0.15) is 0 Å². The highest BCUT2D eigenvalue weighted by Crippen LogP contribution is 2.19. The fraction of sp³-hybridized carbons (Fsp3) is 0.308. The van der Waals surface area contributed by atoms with E-state index in [9.17, 15) is 4.79 Å². The molecular weight excluding hydrogens is 236 g/mol. The van der Waals surface area contributed by atoms with Crippen LogP contribution in [0.15, 0.2) is 18.2 Å². The topological polar surface area (TPSA) is 46.3 Å². The average molecular weight is 251 g/mol. The highest BCUT2D eigenvalue weighted by molar-refractivity contribution is 6.31. The van der Waals surface area contributed by atoms with Crippen molar-refractivity contribution in [2.45, 2.75) is 13.3 Å². The molecule has 0 unspecified atom stereocenters. The number of nitrogens with two attached hydrogens (primary N) is 1. The van der Waals surface area contributed by atoms with Crippen LogP contribution in [0.4, 0.5) is 5.69 Å². The third-order valence-corrected chi connectivity index (χ3v) is 2.54. The van der Waals surface area contributed by atoms with Gasteiger partial charge in [0.15, 0.2) is 0 Å². The molecule has 0 aliphatic carbocycles.